The third-order valence-corrected chi connectivity index (χ3v) is 5.61. The van der Waals surface area contributed by atoms with Crippen LogP contribution in [0.4, 0.5) is 0 Å². The van der Waals surface area contributed by atoms with Crippen molar-refractivity contribution in [2.75, 3.05) is 12.4 Å². The van der Waals surface area contributed by atoms with Crippen LogP contribution in [0.2, 0.25) is 0 Å². The van der Waals surface area contributed by atoms with Gasteiger partial charge in [-0.2, -0.15) is 0 Å². The summed E-state index contributed by atoms with van der Waals surface area (Å²) in [6.07, 6.45) is 1.47. The second-order valence-electron chi connectivity index (χ2n) is 6.36. The molecule has 0 spiro atoms. The number of phenolic OH excluding ortho intramolecular Hbond substituents is 1. The molecule has 1 aliphatic rings. The van der Waals surface area contributed by atoms with E-state index in [9.17, 15) is 23.1 Å². The molecule has 0 saturated heterocycles. The number of carbonyl (C=O) groups excluding carboxylic acids is 2. The predicted molar refractivity (Wildman–Crippen MR) is 102 cm³/mol. The zero-order valence-electron chi connectivity index (χ0n) is 14.9. The second-order valence-corrected chi connectivity index (χ2v) is 8.29. The van der Waals surface area contributed by atoms with Gasteiger partial charge in [0.2, 0.25) is 0 Å². The number of aromatic hydroxyl groups is 1. The van der Waals surface area contributed by atoms with Crippen LogP contribution in [-0.2, 0) is 25.9 Å². The van der Waals surface area contributed by atoms with Crippen molar-refractivity contribution in [2.45, 2.75) is 12.6 Å². The molecule has 0 bridgehead atoms. The van der Waals surface area contributed by atoms with Crippen molar-refractivity contribution in [3.63, 3.8) is 0 Å². The number of amides is 1. The van der Waals surface area contributed by atoms with Crippen LogP contribution < -0.4 is 0 Å². The molecule has 0 aliphatic carbocycles. The van der Waals surface area contributed by atoms with E-state index in [0.717, 1.165) is 11.0 Å². The van der Waals surface area contributed by atoms with Gasteiger partial charge in [0.05, 0.1) is 17.4 Å². The molecule has 2 aromatic rings. The highest BCUT2D eigenvalue weighted by atomic mass is 32.2. The molecule has 0 aromatic heterocycles. The normalized spacial score (nSPS) is 17.2. The van der Waals surface area contributed by atoms with Gasteiger partial charge < -0.3 is 14.7 Å². The molecule has 0 radical (unpaired) electrons. The first-order valence-electron chi connectivity index (χ1n) is 8.54. The lowest BCUT2D eigenvalue weighted by atomic mass is 10.1. The van der Waals surface area contributed by atoms with Crippen molar-refractivity contribution >= 4 is 21.7 Å². The molecule has 7 nitrogen and oxygen atoms in total. The van der Waals surface area contributed by atoms with E-state index in [1.165, 1.54) is 35.2 Å². The highest BCUT2D eigenvalue weighted by Gasteiger charge is 2.30. The Morgan fingerprint density at radius 2 is 1.86 bits per heavy atom. The predicted octanol–water partition coefficient (Wildman–Crippen LogP) is 1.89. The van der Waals surface area contributed by atoms with Crippen molar-refractivity contribution in [3.05, 3.63) is 77.2 Å². The molecule has 1 N–H and O–H groups in total. The summed E-state index contributed by atoms with van der Waals surface area (Å²) in [5.41, 5.74) is 0.943. The summed E-state index contributed by atoms with van der Waals surface area (Å²) >= 11 is 0. The first-order valence-corrected chi connectivity index (χ1v) is 10.3. The first kappa shape index (κ1) is 19.6. The van der Waals surface area contributed by atoms with E-state index in [1.807, 2.05) is 30.3 Å². The monoisotopic (exact) mass is 401 g/mol. The Morgan fingerprint density at radius 1 is 1.11 bits per heavy atom. The van der Waals surface area contributed by atoms with Gasteiger partial charge in [-0.1, -0.05) is 36.4 Å². The Bertz CT molecular complexity index is 1000. The van der Waals surface area contributed by atoms with Gasteiger partial charge in [0, 0.05) is 12.0 Å². The summed E-state index contributed by atoms with van der Waals surface area (Å²) in [4.78, 5) is 26.2. The summed E-state index contributed by atoms with van der Waals surface area (Å²) in [6, 6.07) is 14.1. The molecule has 0 unspecified atom stereocenters. The maximum atomic E-state index is 12.7. The lowest BCUT2D eigenvalue weighted by Gasteiger charge is -2.27. The number of sulfone groups is 1. The van der Waals surface area contributed by atoms with Crippen molar-refractivity contribution in [2.24, 2.45) is 0 Å². The standard InChI is InChI=1S/C20H19NO6S/c22-18-8-4-7-16(11-18)20(24)27-13-19(23)21(12-15-5-2-1-3-6-15)17-9-10-28(25,26)14-17/h1-11,17,22H,12-14H2/t17-/m0/s1. The van der Waals surface area contributed by atoms with E-state index in [4.69, 9.17) is 4.74 Å². The SMILES string of the molecule is O=C(OCC(=O)N(Cc1ccccc1)[C@H]1C=CS(=O)(=O)C1)c1cccc(O)c1. The van der Waals surface area contributed by atoms with E-state index >= 15 is 0 Å². The fourth-order valence-electron chi connectivity index (χ4n) is 2.85. The third kappa shape index (κ3) is 4.98. The Labute approximate surface area is 162 Å². The van der Waals surface area contributed by atoms with Crippen molar-refractivity contribution < 1.29 is 27.9 Å². The molecule has 1 aliphatic heterocycles. The summed E-state index contributed by atoms with van der Waals surface area (Å²) in [5.74, 6) is -1.55. The lowest BCUT2D eigenvalue weighted by molar-refractivity contribution is -0.136. The summed E-state index contributed by atoms with van der Waals surface area (Å²) < 4.78 is 28.6. The van der Waals surface area contributed by atoms with E-state index in [2.05, 4.69) is 0 Å². The minimum Gasteiger partial charge on any atom is -0.508 e. The summed E-state index contributed by atoms with van der Waals surface area (Å²) in [7, 11) is -3.36. The van der Waals surface area contributed by atoms with Gasteiger partial charge in [-0.15, -0.1) is 0 Å². The van der Waals surface area contributed by atoms with E-state index in [1.54, 1.807) is 0 Å². The van der Waals surface area contributed by atoms with Gasteiger partial charge in [-0.05, 0) is 29.8 Å². The van der Waals surface area contributed by atoms with E-state index in [-0.39, 0.29) is 23.6 Å². The van der Waals surface area contributed by atoms with Gasteiger partial charge >= 0.3 is 5.97 Å². The Balaban J connectivity index is 1.71. The molecule has 1 atom stereocenters. The van der Waals surface area contributed by atoms with Crippen LogP contribution in [0.25, 0.3) is 0 Å². The zero-order chi connectivity index (χ0) is 20.1. The minimum atomic E-state index is -3.36. The second kappa shape index (κ2) is 8.26. The number of carbonyl (C=O) groups is 2. The Kier molecular flexibility index (Phi) is 5.79. The molecule has 0 fully saturated rings. The molecule has 8 heteroatoms. The number of esters is 1. The van der Waals surface area contributed by atoms with Crippen molar-refractivity contribution in [3.8, 4) is 5.75 Å². The number of rotatable bonds is 6. The van der Waals surface area contributed by atoms with Crippen molar-refractivity contribution in [1.29, 1.82) is 0 Å². The third-order valence-electron chi connectivity index (χ3n) is 4.24. The Hall–Kier alpha value is -3.13. The van der Waals surface area contributed by atoms with Gasteiger partial charge in [-0.3, -0.25) is 4.79 Å². The highest BCUT2D eigenvalue weighted by Crippen LogP contribution is 2.18. The average Bonchev–Trinajstić information content (AvgIpc) is 3.04. The number of phenols is 1. The number of hydrogen-bond acceptors (Lipinski definition) is 6. The number of benzene rings is 2. The highest BCUT2D eigenvalue weighted by molar-refractivity contribution is 7.94. The van der Waals surface area contributed by atoms with Crippen LogP contribution in [0.15, 0.2) is 66.1 Å². The molecule has 1 heterocycles. The smallest absolute Gasteiger partial charge is 0.338 e. The molecular weight excluding hydrogens is 382 g/mol. The first-order chi connectivity index (χ1) is 13.3. The maximum Gasteiger partial charge on any atom is 0.338 e. The molecule has 1 amide bonds. The van der Waals surface area contributed by atoms with E-state index < -0.39 is 34.4 Å². The van der Waals surface area contributed by atoms with Crippen LogP contribution >= 0.6 is 0 Å². The topological polar surface area (TPSA) is 101 Å². The van der Waals surface area contributed by atoms with Crippen LogP contribution in [0.3, 0.4) is 0 Å². The molecule has 146 valence electrons. The fourth-order valence-corrected chi connectivity index (χ4v) is 4.15. The van der Waals surface area contributed by atoms with Gasteiger partial charge in [0.25, 0.3) is 5.91 Å². The largest absolute Gasteiger partial charge is 0.508 e. The summed E-state index contributed by atoms with van der Waals surface area (Å²) in [5, 5.41) is 10.5. The van der Waals surface area contributed by atoms with Crippen molar-refractivity contribution in [1.82, 2.24) is 4.90 Å². The zero-order valence-corrected chi connectivity index (χ0v) is 15.7. The number of nitrogens with zero attached hydrogens (tertiary/aromatic N) is 1. The van der Waals surface area contributed by atoms with Gasteiger partial charge in [0.15, 0.2) is 16.4 Å². The number of hydrogen-bond donors (Lipinski definition) is 1. The average molecular weight is 401 g/mol. The molecular formula is C20H19NO6S. The van der Waals surface area contributed by atoms with Gasteiger partial charge in [0.1, 0.15) is 5.75 Å². The quantitative estimate of drug-likeness (QED) is 0.742. The minimum absolute atomic E-state index is 0.0900. The van der Waals surface area contributed by atoms with Crippen LogP contribution in [0, 0.1) is 0 Å². The van der Waals surface area contributed by atoms with Crippen LogP contribution in [0.5, 0.6) is 5.75 Å². The van der Waals surface area contributed by atoms with Crippen LogP contribution in [0.1, 0.15) is 15.9 Å². The van der Waals surface area contributed by atoms with Crippen LogP contribution in [-0.4, -0.2) is 48.7 Å². The molecule has 3 rings (SSSR count). The fraction of sp³-hybridized carbons (Fsp3) is 0.200. The molecule has 28 heavy (non-hydrogen) atoms. The molecule has 0 saturated carbocycles. The molecule has 2 aromatic carbocycles. The Morgan fingerprint density at radius 3 is 2.50 bits per heavy atom. The summed E-state index contributed by atoms with van der Waals surface area (Å²) in [6.45, 7) is -0.348. The van der Waals surface area contributed by atoms with Gasteiger partial charge in [-0.25, -0.2) is 13.2 Å². The lowest BCUT2D eigenvalue weighted by Crippen LogP contribution is -2.42. The maximum absolute atomic E-state index is 12.7. The van der Waals surface area contributed by atoms with E-state index in [0.29, 0.717) is 0 Å². The number of ether oxygens (including phenoxy) is 1.